The van der Waals surface area contributed by atoms with E-state index in [9.17, 15) is 4.79 Å². The van der Waals surface area contributed by atoms with Crippen molar-refractivity contribution >= 4 is 17.5 Å². The van der Waals surface area contributed by atoms with Crippen LogP contribution >= 0.6 is 0 Å². The van der Waals surface area contributed by atoms with Gasteiger partial charge in [-0.1, -0.05) is 0 Å². The highest BCUT2D eigenvalue weighted by atomic mass is 16.5. The number of fused-ring (bicyclic) bond motifs is 1. The highest BCUT2D eigenvalue weighted by Gasteiger charge is 2.31. The Labute approximate surface area is 207 Å². The molecule has 2 N–H and O–H groups in total. The van der Waals surface area contributed by atoms with Crippen molar-refractivity contribution < 1.29 is 14.3 Å². The molecule has 2 unspecified atom stereocenters. The first-order valence-electron chi connectivity index (χ1n) is 12.8. The normalized spacial score (nSPS) is 23.0. The Hall–Kier alpha value is -2.75. The molecule has 2 fully saturated rings. The van der Waals surface area contributed by atoms with Crippen LogP contribution in [0.2, 0.25) is 0 Å². The molecule has 9 nitrogen and oxygen atoms in total. The molecular weight excluding hydrogens is 444 g/mol. The summed E-state index contributed by atoms with van der Waals surface area (Å²) in [5, 5.41) is 5.60. The number of carbonyl (C=O) groups is 1. The number of amides is 2. The number of rotatable bonds is 5. The average molecular weight is 481 g/mol. The number of urea groups is 1. The van der Waals surface area contributed by atoms with Gasteiger partial charge < -0.3 is 25.0 Å². The summed E-state index contributed by atoms with van der Waals surface area (Å²) in [5.41, 5.74) is 4.06. The summed E-state index contributed by atoms with van der Waals surface area (Å²) in [6.07, 6.45) is 3.25. The molecule has 4 heterocycles. The zero-order chi connectivity index (χ0) is 24.2. The van der Waals surface area contributed by atoms with Crippen molar-refractivity contribution in [1.29, 1.82) is 0 Å². The van der Waals surface area contributed by atoms with Crippen LogP contribution < -0.4 is 15.5 Å². The highest BCUT2D eigenvalue weighted by Crippen LogP contribution is 2.33. The van der Waals surface area contributed by atoms with E-state index in [2.05, 4.69) is 27.4 Å². The number of ether oxygens (including phenoxy) is 2. The second kappa shape index (κ2) is 10.9. The molecule has 2 amide bonds. The number of nitrogens with zero attached hydrogens (tertiary/aromatic N) is 4. The summed E-state index contributed by atoms with van der Waals surface area (Å²) in [6, 6.07) is 8.27. The Morgan fingerprint density at radius 3 is 2.69 bits per heavy atom. The summed E-state index contributed by atoms with van der Waals surface area (Å²) >= 11 is 0. The third-order valence-electron chi connectivity index (χ3n) is 7.10. The van der Waals surface area contributed by atoms with E-state index in [4.69, 9.17) is 19.4 Å². The van der Waals surface area contributed by atoms with Crippen molar-refractivity contribution in [2.75, 3.05) is 56.3 Å². The van der Waals surface area contributed by atoms with Crippen molar-refractivity contribution in [2.24, 2.45) is 0 Å². The minimum absolute atomic E-state index is 0.208. The number of hydrogen-bond acceptors (Lipinski definition) is 7. The molecule has 0 bridgehead atoms. The molecule has 2 saturated heterocycles. The summed E-state index contributed by atoms with van der Waals surface area (Å²) in [4.78, 5) is 27.0. The van der Waals surface area contributed by atoms with E-state index in [1.54, 1.807) is 0 Å². The van der Waals surface area contributed by atoms with Gasteiger partial charge in [-0.15, -0.1) is 0 Å². The Morgan fingerprint density at radius 1 is 1.11 bits per heavy atom. The first-order valence-corrected chi connectivity index (χ1v) is 12.8. The topological polar surface area (TPSA) is 91.9 Å². The number of nitrogens with one attached hydrogen (secondary N) is 2. The fourth-order valence-corrected chi connectivity index (χ4v) is 5.20. The number of morpholine rings is 1. The second-order valence-corrected chi connectivity index (χ2v) is 9.57. The molecule has 3 aliphatic heterocycles. The Kier molecular flexibility index (Phi) is 7.46. The molecule has 35 heavy (non-hydrogen) atoms. The van der Waals surface area contributed by atoms with Gasteiger partial charge in [-0.3, -0.25) is 4.90 Å². The fourth-order valence-electron chi connectivity index (χ4n) is 5.20. The predicted octanol–water partition coefficient (Wildman–Crippen LogP) is 3.05. The van der Waals surface area contributed by atoms with Crippen LogP contribution in [0.1, 0.15) is 37.9 Å². The van der Waals surface area contributed by atoms with Gasteiger partial charge in [0.2, 0.25) is 0 Å². The lowest BCUT2D eigenvalue weighted by atomic mass is 9.99. The van der Waals surface area contributed by atoms with E-state index in [1.807, 2.05) is 31.2 Å². The summed E-state index contributed by atoms with van der Waals surface area (Å²) in [7, 11) is 0. The van der Waals surface area contributed by atoms with Gasteiger partial charge in [0.1, 0.15) is 5.82 Å². The molecule has 0 saturated carbocycles. The van der Waals surface area contributed by atoms with E-state index in [0.29, 0.717) is 25.8 Å². The molecule has 9 heteroatoms. The van der Waals surface area contributed by atoms with Crippen LogP contribution in [-0.4, -0.2) is 79.0 Å². The van der Waals surface area contributed by atoms with Gasteiger partial charge in [0, 0.05) is 55.6 Å². The lowest BCUT2D eigenvalue weighted by Crippen LogP contribution is -2.47. The maximum atomic E-state index is 11.9. The fraction of sp³-hybridized carbons (Fsp3) is 0.577. The van der Waals surface area contributed by atoms with Gasteiger partial charge in [-0.05, 0) is 57.4 Å². The van der Waals surface area contributed by atoms with Crippen LogP contribution in [0.25, 0.3) is 11.4 Å². The van der Waals surface area contributed by atoms with E-state index < -0.39 is 0 Å². The van der Waals surface area contributed by atoms with Crippen LogP contribution in [0.3, 0.4) is 0 Å². The van der Waals surface area contributed by atoms with Crippen LogP contribution in [0.5, 0.6) is 0 Å². The van der Waals surface area contributed by atoms with E-state index in [1.165, 1.54) is 12.0 Å². The number of benzene rings is 1. The van der Waals surface area contributed by atoms with E-state index in [0.717, 1.165) is 74.3 Å². The Balaban J connectivity index is 1.46. The molecule has 0 radical (unpaired) electrons. The number of hydrogen-bond donors (Lipinski definition) is 2. The summed E-state index contributed by atoms with van der Waals surface area (Å²) in [5.74, 6) is 1.77. The standard InChI is InChI=1S/C26H36N6O3/c1-3-27-26(33)28-20-8-6-19(7-9-20)24-29-23-15-31(21-5-4-13-34-17-21)11-10-22(23)25(30-24)32-12-14-35-16-18(32)2/h6-9,18,21H,3-5,10-17H2,1-2H3,(H2,27,28,33). The van der Waals surface area contributed by atoms with Crippen molar-refractivity contribution in [3.63, 3.8) is 0 Å². The number of aromatic nitrogens is 2. The second-order valence-electron chi connectivity index (χ2n) is 9.57. The summed E-state index contributed by atoms with van der Waals surface area (Å²) in [6.45, 7) is 10.4. The minimum Gasteiger partial charge on any atom is -0.380 e. The monoisotopic (exact) mass is 480 g/mol. The lowest BCUT2D eigenvalue weighted by molar-refractivity contribution is 0.0119. The number of carbonyl (C=O) groups excluding carboxylic acids is 1. The quantitative estimate of drug-likeness (QED) is 0.680. The summed E-state index contributed by atoms with van der Waals surface area (Å²) < 4.78 is 11.5. The maximum absolute atomic E-state index is 11.9. The molecule has 3 aliphatic rings. The first kappa shape index (κ1) is 24.0. The van der Waals surface area contributed by atoms with Gasteiger partial charge in [0.05, 0.1) is 31.6 Å². The Morgan fingerprint density at radius 2 is 1.94 bits per heavy atom. The van der Waals surface area contributed by atoms with Crippen LogP contribution in [0, 0.1) is 0 Å². The average Bonchev–Trinajstić information content (AvgIpc) is 2.89. The third kappa shape index (κ3) is 5.42. The molecule has 0 spiro atoms. The maximum Gasteiger partial charge on any atom is 0.319 e. The zero-order valence-corrected chi connectivity index (χ0v) is 20.8. The van der Waals surface area contributed by atoms with Gasteiger partial charge >= 0.3 is 6.03 Å². The van der Waals surface area contributed by atoms with E-state index in [-0.39, 0.29) is 12.1 Å². The minimum atomic E-state index is -0.208. The highest BCUT2D eigenvalue weighted by molar-refractivity contribution is 5.89. The smallest absolute Gasteiger partial charge is 0.319 e. The van der Waals surface area contributed by atoms with Crippen LogP contribution in [0.15, 0.2) is 24.3 Å². The van der Waals surface area contributed by atoms with E-state index >= 15 is 0 Å². The van der Waals surface area contributed by atoms with Gasteiger partial charge in [-0.25, -0.2) is 14.8 Å². The van der Waals surface area contributed by atoms with Crippen LogP contribution in [0.4, 0.5) is 16.3 Å². The van der Waals surface area contributed by atoms with Gasteiger partial charge in [0.25, 0.3) is 0 Å². The molecule has 5 rings (SSSR count). The molecule has 2 aromatic rings. The third-order valence-corrected chi connectivity index (χ3v) is 7.10. The van der Waals surface area contributed by atoms with Crippen molar-refractivity contribution in [1.82, 2.24) is 20.2 Å². The molecule has 0 aliphatic carbocycles. The molecule has 1 aromatic carbocycles. The zero-order valence-electron chi connectivity index (χ0n) is 20.8. The first-order chi connectivity index (χ1) is 17.1. The molecule has 2 atom stereocenters. The van der Waals surface area contributed by atoms with Crippen LogP contribution in [-0.2, 0) is 22.4 Å². The Bertz CT molecular complexity index is 1020. The predicted molar refractivity (Wildman–Crippen MR) is 136 cm³/mol. The van der Waals surface area contributed by atoms with Gasteiger partial charge in [-0.2, -0.15) is 0 Å². The molecular formula is C26H36N6O3. The van der Waals surface area contributed by atoms with Crippen molar-refractivity contribution in [3.8, 4) is 11.4 Å². The largest absolute Gasteiger partial charge is 0.380 e. The number of anilines is 2. The van der Waals surface area contributed by atoms with Crippen molar-refractivity contribution in [3.05, 3.63) is 35.5 Å². The molecule has 1 aromatic heterocycles. The SMILES string of the molecule is CCNC(=O)Nc1ccc(-c2nc3c(c(N4CCOCC4C)n2)CCN(C2CCCOC2)C3)cc1. The molecule has 188 valence electrons. The van der Waals surface area contributed by atoms with Crippen molar-refractivity contribution in [2.45, 2.75) is 51.7 Å². The van der Waals surface area contributed by atoms with Gasteiger partial charge in [0.15, 0.2) is 5.82 Å². The lowest BCUT2D eigenvalue weighted by Gasteiger charge is -2.40.